The lowest BCUT2D eigenvalue weighted by molar-refractivity contribution is 0.146. The third-order valence-corrected chi connectivity index (χ3v) is 5.18. The first-order valence-corrected chi connectivity index (χ1v) is 10.4. The quantitative estimate of drug-likeness (QED) is 0.597. The SMILES string of the molecule is CN1CCCCC1.Cc1ccc2c(NCc3cccc(C(F)F)c3F)nc(C)nc2n1. The molecule has 4 rings (SSSR count). The highest BCUT2D eigenvalue weighted by Crippen LogP contribution is 2.25. The van der Waals surface area contributed by atoms with E-state index in [-0.39, 0.29) is 12.1 Å². The summed E-state index contributed by atoms with van der Waals surface area (Å²) in [6, 6.07) is 7.61. The average molecular weight is 432 g/mol. The third kappa shape index (κ3) is 6.13. The van der Waals surface area contributed by atoms with E-state index >= 15 is 0 Å². The summed E-state index contributed by atoms with van der Waals surface area (Å²) in [5.41, 5.74) is 0.904. The molecule has 0 atom stereocenters. The molecule has 3 aromatic rings. The molecular weight excluding hydrogens is 403 g/mol. The van der Waals surface area contributed by atoms with E-state index < -0.39 is 17.8 Å². The molecule has 1 saturated heterocycles. The molecule has 166 valence electrons. The van der Waals surface area contributed by atoms with E-state index in [0.717, 1.165) is 11.8 Å². The second kappa shape index (κ2) is 10.5. The number of anilines is 1. The van der Waals surface area contributed by atoms with Gasteiger partial charge in [0, 0.05) is 17.8 Å². The molecule has 0 unspecified atom stereocenters. The van der Waals surface area contributed by atoms with Gasteiger partial charge >= 0.3 is 0 Å². The summed E-state index contributed by atoms with van der Waals surface area (Å²) < 4.78 is 39.7. The largest absolute Gasteiger partial charge is 0.365 e. The smallest absolute Gasteiger partial charge is 0.266 e. The summed E-state index contributed by atoms with van der Waals surface area (Å²) in [7, 11) is 2.19. The maximum atomic E-state index is 14.1. The molecule has 0 bridgehead atoms. The van der Waals surface area contributed by atoms with Crippen LogP contribution in [0.2, 0.25) is 0 Å². The van der Waals surface area contributed by atoms with Crippen LogP contribution in [0.25, 0.3) is 11.0 Å². The van der Waals surface area contributed by atoms with Crippen molar-refractivity contribution in [2.75, 3.05) is 25.5 Å². The van der Waals surface area contributed by atoms with Crippen molar-refractivity contribution in [3.63, 3.8) is 0 Å². The monoisotopic (exact) mass is 431 g/mol. The Balaban J connectivity index is 0.000000330. The van der Waals surface area contributed by atoms with Gasteiger partial charge in [-0.1, -0.05) is 24.6 Å². The number of piperidine rings is 1. The first-order valence-electron chi connectivity index (χ1n) is 10.4. The molecular formula is C23H28F3N5. The van der Waals surface area contributed by atoms with Crippen molar-refractivity contribution in [2.24, 2.45) is 0 Å². The number of benzene rings is 1. The Morgan fingerprint density at radius 2 is 1.74 bits per heavy atom. The predicted molar refractivity (Wildman–Crippen MR) is 117 cm³/mol. The van der Waals surface area contributed by atoms with Crippen LogP contribution in [-0.2, 0) is 6.54 Å². The topological polar surface area (TPSA) is 53.9 Å². The number of aromatic nitrogens is 3. The summed E-state index contributed by atoms with van der Waals surface area (Å²) in [6.45, 7) is 6.26. The summed E-state index contributed by atoms with van der Waals surface area (Å²) in [5.74, 6) is 0.112. The van der Waals surface area contributed by atoms with Crippen molar-refractivity contribution < 1.29 is 13.2 Å². The third-order valence-electron chi connectivity index (χ3n) is 5.18. The van der Waals surface area contributed by atoms with E-state index in [1.807, 2.05) is 19.1 Å². The Morgan fingerprint density at radius 1 is 1.00 bits per heavy atom. The lowest BCUT2D eigenvalue weighted by Crippen LogP contribution is -2.24. The molecule has 0 amide bonds. The van der Waals surface area contributed by atoms with Crippen LogP contribution in [0.3, 0.4) is 0 Å². The van der Waals surface area contributed by atoms with Gasteiger partial charge in [0.25, 0.3) is 6.43 Å². The van der Waals surface area contributed by atoms with Crippen molar-refractivity contribution >= 4 is 16.9 Å². The molecule has 31 heavy (non-hydrogen) atoms. The van der Waals surface area contributed by atoms with Gasteiger partial charge in [0.1, 0.15) is 17.5 Å². The zero-order chi connectivity index (χ0) is 22.4. The number of nitrogens with zero attached hydrogens (tertiary/aromatic N) is 4. The molecule has 1 aromatic carbocycles. The fourth-order valence-corrected chi connectivity index (χ4v) is 3.48. The van der Waals surface area contributed by atoms with Gasteiger partial charge < -0.3 is 10.2 Å². The zero-order valence-electron chi connectivity index (χ0n) is 18.1. The van der Waals surface area contributed by atoms with Gasteiger partial charge in [0.05, 0.1) is 10.9 Å². The highest BCUT2D eigenvalue weighted by atomic mass is 19.3. The van der Waals surface area contributed by atoms with Crippen LogP contribution in [0.15, 0.2) is 30.3 Å². The number of hydrogen-bond donors (Lipinski definition) is 1. The second-order valence-corrected chi connectivity index (χ2v) is 7.78. The Labute approximate surface area is 180 Å². The maximum Gasteiger partial charge on any atom is 0.266 e. The fraction of sp³-hybridized carbons (Fsp3) is 0.435. The number of alkyl halides is 2. The second-order valence-electron chi connectivity index (χ2n) is 7.78. The van der Waals surface area contributed by atoms with Crippen LogP contribution in [0, 0.1) is 19.7 Å². The van der Waals surface area contributed by atoms with Crippen LogP contribution < -0.4 is 5.32 Å². The Hall–Kier alpha value is -2.74. The van der Waals surface area contributed by atoms with E-state index in [2.05, 4.69) is 32.2 Å². The van der Waals surface area contributed by atoms with Gasteiger partial charge in [-0.3, -0.25) is 0 Å². The van der Waals surface area contributed by atoms with Crippen molar-refractivity contribution in [3.8, 4) is 0 Å². The number of likely N-dealkylation sites (tertiary alicyclic amines) is 1. The van der Waals surface area contributed by atoms with Crippen molar-refractivity contribution in [1.29, 1.82) is 0 Å². The first-order chi connectivity index (χ1) is 14.8. The number of hydrogen-bond acceptors (Lipinski definition) is 5. The number of aryl methyl sites for hydroxylation is 2. The molecule has 1 N–H and O–H groups in total. The number of pyridine rings is 1. The van der Waals surface area contributed by atoms with Crippen molar-refractivity contribution in [2.45, 2.75) is 46.1 Å². The fourth-order valence-electron chi connectivity index (χ4n) is 3.48. The number of nitrogens with one attached hydrogen (secondary N) is 1. The molecule has 0 aliphatic carbocycles. The molecule has 1 aliphatic rings. The minimum atomic E-state index is -2.85. The lowest BCUT2D eigenvalue weighted by atomic mass is 10.1. The summed E-state index contributed by atoms with van der Waals surface area (Å²) in [4.78, 5) is 15.3. The zero-order valence-corrected chi connectivity index (χ0v) is 18.1. The minimum absolute atomic E-state index is 0.0336. The molecule has 0 radical (unpaired) electrons. The molecule has 2 aromatic heterocycles. The molecule has 5 nitrogen and oxygen atoms in total. The minimum Gasteiger partial charge on any atom is -0.365 e. The highest BCUT2D eigenvalue weighted by molar-refractivity contribution is 5.86. The van der Waals surface area contributed by atoms with Gasteiger partial charge in [-0.2, -0.15) is 0 Å². The average Bonchev–Trinajstić information content (AvgIpc) is 2.73. The summed E-state index contributed by atoms with van der Waals surface area (Å²) >= 11 is 0. The molecule has 8 heteroatoms. The van der Waals surface area contributed by atoms with E-state index in [4.69, 9.17) is 0 Å². The summed E-state index contributed by atoms with van der Waals surface area (Å²) in [6.07, 6.45) is 1.43. The lowest BCUT2D eigenvalue weighted by Gasteiger charge is -2.20. The molecule has 1 fully saturated rings. The van der Waals surface area contributed by atoms with Crippen LogP contribution in [-0.4, -0.2) is 40.0 Å². The maximum absolute atomic E-state index is 14.1. The van der Waals surface area contributed by atoms with Crippen LogP contribution in [0.4, 0.5) is 19.0 Å². The Bertz CT molecular complexity index is 1010. The first kappa shape index (κ1) is 22.9. The van der Waals surface area contributed by atoms with Crippen molar-refractivity contribution in [1.82, 2.24) is 19.9 Å². The standard InChI is InChI=1S/C17H15F3N4.C6H13N/c1-9-6-7-13-16(23-10(2)24-17(13)22-9)21-8-11-4-3-5-12(14(11)18)15(19)20;1-7-5-3-2-4-6-7/h3-7,15H,8H2,1-2H3,(H,21,22,23,24);2-6H2,1H3. The van der Waals surface area contributed by atoms with Gasteiger partial charge in [-0.25, -0.2) is 28.1 Å². The molecule has 0 spiro atoms. The van der Waals surface area contributed by atoms with Gasteiger partial charge in [-0.05, 0) is 59.0 Å². The number of halogens is 3. The number of rotatable bonds is 4. The number of fused-ring (bicyclic) bond motifs is 1. The van der Waals surface area contributed by atoms with Crippen molar-refractivity contribution in [3.05, 3.63) is 58.8 Å². The van der Waals surface area contributed by atoms with Gasteiger partial charge in [0.15, 0.2) is 5.65 Å². The van der Waals surface area contributed by atoms with E-state index in [0.29, 0.717) is 22.7 Å². The van der Waals surface area contributed by atoms with E-state index in [1.54, 1.807) is 6.92 Å². The predicted octanol–water partition coefficient (Wildman–Crippen LogP) is 5.43. The van der Waals surface area contributed by atoms with E-state index in [9.17, 15) is 13.2 Å². The highest BCUT2D eigenvalue weighted by Gasteiger charge is 2.16. The molecule has 3 heterocycles. The molecule has 0 saturated carbocycles. The Morgan fingerprint density at radius 3 is 2.39 bits per heavy atom. The van der Waals surface area contributed by atoms with Crippen LogP contribution >= 0.6 is 0 Å². The van der Waals surface area contributed by atoms with E-state index in [1.165, 1.54) is 44.5 Å². The van der Waals surface area contributed by atoms with Gasteiger partial charge in [0.2, 0.25) is 0 Å². The van der Waals surface area contributed by atoms with Crippen LogP contribution in [0.5, 0.6) is 0 Å². The Kier molecular flexibility index (Phi) is 7.79. The van der Waals surface area contributed by atoms with Gasteiger partial charge in [-0.15, -0.1) is 0 Å². The van der Waals surface area contributed by atoms with Crippen LogP contribution in [0.1, 0.15) is 48.3 Å². The molecule has 1 aliphatic heterocycles. The summed E-state index contributed by atoms with van der Waals surface area (Å²) in [5, 5.41) is 3.69. The normalized spacial score (nSPS) is 14.4.